The molecule has 214 valence electrons. The molecule has 2 heterocycles. The Kier molecular flexibility index (Phi) is 5.61. The number of hydrogen-bond donors (Lipinski definition) is 0. The van der Waals surface area contributed by atoms with Gasteiger partial charge in [0.2, 0.25) is 0 Å². The Bertz CT molecular complexity index is 1960. The minimum atomic E-state index is 0.356. The van der Waals surface area contributed by atoms with Crippen molar-refractivity contribution in [2.75, 3.05) is 4.90 Å². The van der Waals surface area contributed by atoms with E-state index in [0.29, 0.717) is 23.8 Å². The van der Waals surface area contributed by atoms with Crippen LogP contribution in [0.4, 0.5) is 5.69 Å². The Morgan fingerprint density at radius 1 is 0.864 bits per heavy atom. The van der Waals surface area contributed by atoms with E-state index in [0.717, 1.165) is 25.7 Å². The molecule has 0 spiro atoms. The van der Waals surface area contributed by atoms with E-state index in [1.807, 2.05) is 11.8 Å². The number of benzene rings is 3. The molecule has 0 saturated heterocycles. The first-order valence-corrected chi connectivity index (χ1v) is 17.3. The van der Waals surface area contributed by atoms with E-state index < -0.39 is 0 Å². The van der Waals surface area contributed by atoms with Gasteiger partial charge >= 0.3 is 0 Å². The number of rotatable bonds is 2. The van der Waals surface area contributed by atoms with Crippen LogP contribution in [0.2, 0.25) is 0 Å². The summed E-state index contributed by atoms with van der Waals surface area (Å²) in [5.74, 6) is 1.45. The third-order valence-corrected chi connectivity index (χ3v) is 12.4. The summed E-state index contributed by atoms with van der Waals surface area (Å²) in [6.45, 7) is 0. The Morgan fingerprint density at radius 2 is 1.77 bits per heavy atom. The average molecular weight is 586 g/mol. The van der Waals surface area contributed by atoms with Gasteiger partial charge in [-0.2, -0.15) is 0 Å². The second-order valence-electron chi connectivity index (χ2n) is 13.3. The van der Waals surface area contributed by atoms with E-state index in [2.05, 4.69) is 120 Å². The lowest BCUT2D eigenvalue weighted by atomic mass is 9.70. The molecular formula is C42H35NS. The molecule has 2 heteroatoms. The van der Waals surface area contributed by atoms with Crippen molar-refractivity contribution in [1.29, 1.82) is 0 Å². The summed E-state index contributed by atoms with van der Waals surface area (Å²) < 4.78 is 0. The highest BCUT2D eigenvalue weighted by Crippen LogP contribution is 2.61. The number of anilines is 1. The van der Waals surface area contributed by atoms with Crippen LogP contribution in [0.3, 0.4) is 0 Å². The second kappa shape index (κ2) is 9.74. The van der Waals surface area contributed by atoms with Crippen molar-refractivity contribution in [2.45, 2.75) is 61.3 Å². The zero-order valence-electron chi connectivity index (χ0n) is 24.9. The summed E-state index contributed by atoms with van der Waals surface area (Å²) in [6.07, 6.45) is 26.2. The van der Waals surface area contributed by atoms with Crippen molar-refractivity contribution < 1.29 is 0 Å². The van der Waals surface area contributed by atoms with Gasteiger partial charge in [-0.1, -0.05) is 109 Å². The molecule has 7 aliphatic rings. The SMILES string of the molecule is C1=CC2=C(N3c4ccc5c(c4C4CCC6=C(CC7C(=C6)Sc6ccccc67)C43)CCC=C5)C(c3ccccc3)=CCC2C=C1. The van der Waals surface area contributed by atoms with Crippen LogP contribution in [-0.4, -0.2) is 6.04 Å². The van der Waals surface area contributed by atoms with E-state index in [9.17, 15) is 0 Å². The summed E-state index contributed by atoms with van der Waals surface area (Å²) in [4.78, 5) is 5.89. The van der Waals surface area contributed by atoms with Gasteiger partial charge in [0.15, 0.2) is 0 Å². The molecule has 4 atom stereocenters. The highest BCUT2D eigenvalue weighted by atomic mass is 32.2. The molecule has 10 rings (SSSR count). The van der Waals surface area contributed by atoms with Crippen LogP contribution in [0, 0.1) is 5.92 Å². The number of hydrogen-bond acceptors (Lipinski definition) is 2. The van der Waals surface area contributed by atoms with Gasteiger partial charge in [-0.05, 0) is 106 Å². The maximum atomic E-state index is 2.86. The van der Waals surface area contributed by atoms with Crippen LogP contribution in [0.15, 0.2) is 141 Å². The van der Waals surface area contributed by atoms with Crippen molar-refractivity contribution in [3.05, 3.63) is 164 Å². The molecule has 44 heavy (non-hydrogen) atoms. The monoisotopic (exact) mass is 585 g/mol. The Balaban J connectivity index is 1.21. The van der Waals surface area contributed by atoms with E-state index >= 15 is 0 Å². The molecule has 0 amide bonds. The topological polar surface area (TPSA) is 3.24 Å². The molecule has 0 radical (unpaired) electrons. The Labute approximate surface area is 264 Å². The lowest BCUT2D eigenvalue weighted by Crippen LogP contribution is -2.40. The van der Waals surface area contributed by atoms with Gasteiger partial charge in [0.05, 0.1) is 11.7 Å². The predicted octanol–water partition coefficient (Wildman–Crippen LogP) is 10.7. The number of nitrogens with zero attached hydrogens (tertiary/aromatic N) is 1. The molecule has 0 bridgehead atoms. The van der Waals surface area contributed by atoms with E-state index in [1.165, 1.54) is 57.0 Å². The molecule has 0 saturated carbocycles. The van der Waals surface area contributed by atoms with E-state index in [1.54, 1.807) is 27.2 Å². The Morgan fingerprint density at radius 3 is 2.73 bits per heavy atom. The minimum Gasteiger partial charge on any atom is -0.333 e. The molecule has 0 N–H and O–H groups in total. The van der Waals surface area contributed by atoms with Crippen LogP contribution < -0.4 is 4.90 Å². The van der Waals surface area contributed by atoms with Crippen LogP contribution in [-0.2, 0) is 6.42 Å². The van der Waals surface area contributed by atoms with Gasteiger partial charge in [-0.15, -0.1) is 0 Å². The van der Waals surface area contributed by atoms with Crippen LogP contribution in [0.1, 0.15) is 71.8 Å². The van der Waals surface area contributed by atoms with Crippen LogP contribution in [0.5, 0.6) is 0 Å². The molecule has 3 aromatic carbocycles. The molecule has 0 aromatic heterocycles. The largest absolute Gasteiger partial charge is 0.333 e. The van der Waals surface area contributed by atoms with Crippen molar-refractivity contribution in [3.8, 4) is 0 Å². The smallest absolute Gasteiger partial charge is 0.0627 e. The zero-order valence-corrected chi connectivity index (χ0v) is 25.7. The summed E-state index contributed by atoms with van der Waals surface area (Å²) in [6, 6.07) is 25.6. The summed E-state index contributed by atoms with van der Waals surface area (Å²) in [7, 11) is 0. The highest BCUT2D eigenvalue weighted by Gasteiger charge is 2.49. The van der Waals surface area contributed by atoms with Crippen molar-refractivity contribution >= 4 is 29.1 Å². The molecule has 1 nitrogen and oxygen atoms in total. The van der Waals surface area contributed by atoms with Gasteiger partial charge in [0.25, 0.3) is 0 Å². The maximum absolute atomic E-state index is 2.86. The summed E-state index contributed by atoms with van der Waals surface area (Å²) in [5, 5.41) is 0. The molecule has 3 aromatic rings. The third kappa shape index (κ3) is 3.61. The molecule has 2 aliphatic heterocycles. The molecular weight excluding hydrogens is 551 g/mol. The Hall–Kier alpha value is -4.01. The lowest BCUT2D eigenvalue weighted by molar-refractivity contribution is 0.502. The zero-order chi connectivity index (χ0) is 28.8. The molecule has 0 fully saturated rings. The van der Waals surface area contributed by atoms with Crippen molar-refractivity contribution in [2.24, 2.45) is 5.92 Å². The van der Waals surface area contributed by atoms with Crippen molar-refractivity contribution in [1.82, 2.24) is 0 Å². The molecule has 4 unspecified atom stereocenters. The fourth-order valence-electron chi connectivity index (χ4n) is 9.32. The third-order valence-electron chi connectivity index (χ3n) is 11.2. The van der Waals surface area contributed by atoms with Gasteiger partial charge in [0, 0.05) is 33.9 Å². The number of thioether (sulfide) groups is 1. The van der Waals surface area contributed by atoms with E-state index in [-0.39, 0.29) is 0 Å². The van der Waals surface area contributed by atoms with Crippen molar-refractivity contribution in [3.63, 3.8) is 0 Å². The van der Waals surface area contributed by atoms with Gasteiger partial charge in [-0.25, -0.2) is 0 Å². The quantitative estimate of drug-likeness (QED) is 0.294. The first-order valence-electron chi connectivity index (χ1n) is 16.5. The standard InChI is InChI=1S/C42H35NS/c1-2-10-26(11-3-1)32-21-18-28-13-5-7-15-31(28)41(32)43-37-23-20-27-12-4-6-14-30(27)40(37)34-22-19-29-24-39-36(25-35(29)42(34)43)33-16-8-9-17-38(33)44-39/h1-5,7-13,15-17,20-21,23-24,28,34,36,42H,6,14,18-19,22,25H2. The fraction of sp³-hybridized carbons (Fsp3) is 0.238. The second-order valence-corrected chi connectivity index (χ2v) is 14.5. The molecule has 5 aliphatic carbocycles. The maximum Gasteiger partial charge on any atom is 0.0627 e. The highest BCUT2D eigenvalue weighted by molar-refractivity contribution is 8.03. The van der Waals surface area contributed by atoms with Gasteiger partial charge in [0.1, 0.15) is 0 Å². The van der Waals surface area contributed by atoms with Gasteiger partial charge in [-0.3, -0.25) is 0 Å². The van der Waals surface area contributed by atoms with Crippen LogP contribution in [0.25, 0.3) is 11.6 Å². The fourth-order valence-corrected chi connectivity index (χ4v) is 10.6. The average Bonchev–Trinajstić information content (AvgIpc) is 3.62. The summed E-state index contributed by atoms with van der Waals surface area (Å²) >= 11 is 2.02. The number of allylic oxidation sites excluding steroid dienone is 11. The van der Waals surface area contributed by atoms with E-state index in [4.69, 9.17) is 0 Å². The lowest BCUT2D eigenvalue weighted by Gasteiger charge is -2.43. The summed E-state index contributed by atoms with van der Waals surface area (Å²) in [5.41, 5.74) is 16.7. The van der Waals surface area contributed by atoms with Gasteiger partial charge < -0.3 is 4.90 Å². The number of fused-ring (bicyclic) bond motifs is 10. The minimum absolute atomic E-state index is 0.356. The first kappa shape index (κ1) is 25.3. The normalized spacial score (nSPS) is 27.1. The van der Waals surface area contributed by atoms with Crippen LogP contribution >= 0.6 is 11.8 Å². The predicted molar refractivity (Wildman–Crippen MR) is 185 cm³/mol. The first-order chi connectivity index (χ1) is 21.8.